The zero-order chi connectivity index (χ0) is 10.1. The van der Waals surface area contributed by atoms with Crippen molar-refractivity contribution in [1.82, 2.24) is 0 Å². The van der Waals surface area contributed by atoms with E-state index in [0.29, 0.717) is 6.42 Å². The van der Waals surface area contributed by atoms with E-state index >= 15 is 0 Å². The molecule has 0 rings (SSSR count). The number of rotatable bonds is 7. The van der Waals surface area contributed by atoms with E-state index in [9.17, 15) is 0 Å². The predicted molar refractivity (Wildman–Crippen MR) is 49.9 cm³/mol. The number of methoxy groups -OCH3 is 2. The maximum Gasteiger partial charge on any atom is 0.156 e. The van der Waals surface area contributed by atoms with E-state index < -0.39 is 0 Å². The first-order valence-electron chi connectivity index (χ1n) is 4.42. The van der Waals surface area contributed by atoms with Gasteiger partial charge in [-0.15, -0.1) is 0 Å². The Labute approximate surface area is 79.6 Å². The molecule has 0 saturated carbocycles. The second-order valence-corrected chi connectivity index (χ2v) is 2.95. The lowest BCUT2D eigenvalue weighted by Crippen LogP contribution is -2.20. The third-order valence-corrected chi connectivity index (χ3v) is 1.89. The SMILES string of the molecule is COC(CCCC(N)CC#N)OC. The van der Waals surface area contributed by atoms with Crippen LogP contribution in [0.2, 0.25) is 0 Å². The summed E-state index contributed by atoms with van der Waals surface area (Å²) in [5.74, 6) is 0. The van der Waals surface area contributed by atoms with E-state index in [2.05, 4.69) is 0 Å². The molecule has 13 heavy (non-hydrogen) atoms. The highest BCUT2D eigenvalue weighted by molar-refractivity contribution is 4.77. The monoisotopic (exact) mass is 186 g/mol. The molecule has 0 heterocycles. The normalized spacial score (nSPS) is 12.8. The molecule has 4 heteroatoms. The Balaban J connectivity index is 3.38. The molecule has 4 nitrogen and oxygen atoms in total. The quantitative estimate of drug-likeness (QED) is 0.603. The molecule has 0 amide bonds. The van der Waals surface area contributed by atoms with Crippen LogP contribution in [0.1, 0.15) is 25.7 Å². The molecule has 0 radical (unpaired) electrons. The second-order valence-electron chi connectivity index (χ2n) is 2.95. The topological polar surface area (TPSA) is 68.3 Å². The lowest BCUT2D eigenvalue weighted by molar-refractivity contribution is -0.107. The molecule has 0 aromatic rings. The van der Waals surface area contributed by atoms with Gasteiger partial charge in [0.1, 0.15) is 0 Å². The zero-order valence-electron chi connectivity index (χ0n) is 8.32. The van der Waals surface area contributed by atoms with Gasteiger partial charge in [0, 0.05) is 20.3 Å². The van der Waals surface area contributed by atoms with E-state index in [-0.39, 0.29) is 12.3 Å². The van der Waals surface area contributed by atoms with Gasteiger partial charge in [-0.25, -0.2) is 0 Å². The van der Waals surface area contributed by atoms with E-state index in [1.807, 2.05) is 6.07 Å². The molecule has 0 saturated heterocycles. The van der Waals surface area contributed by atoms with Gasteiger partial charge >= 0.3 is 0 Å². The minimum absolute atomic E-state index is 0.0145. The maximum absolute atomic E-state index is 8.36. The molecule has 0 aliphatic heterocycles. The first-order chi connectivity index (χ1) is 6.24. The van der Waals surface area contributed by atoms with Crippen LogP contribution in [-0.4, -0.2) is 26.6 Å². The predicted octanol–water partition coefficient (Wildman–Crippen LogP) is 1.02. The molecule has 1 unspecified atom stereocenters. The molecule has 2 N–H and O–H groups in total. The van der Waals surface area contributed by atoms with Gasteiger partial charge in [0.25, 0.3) is 0 Å². The Morgan fingerprint density at radius 1 is 1.31 bits per heavy atom. The van der Waals surface area contributed by atoms with Crippen LogP contribution in [0.4, 0.5) is 0 Å². The standard InChI is InChI=1S/C9H18N2O2/c1-12-9(13-2)5-3-4-8(11)6-7-10/h8-9H,3-6,11H2,1-2H3. The summed E-state index contributed by atoms with van der Waals surface area (Å²) in [6.07, 6.45) is 2.87. The lowest BCUT2D eigenvalue weighted by Gasteiger charge is -2.13. The van der Waals surface area contributed by atoms with Crippen LogP contribution in [0.5, 0.6) is 0 Å². The Morgan fingerprint density at radius 2 is 1.92 bits per heavy atom. The van der Waals surface area contributed by atoms with E-state index in [0.717, 1.165) is 19.3 Å². The lowest BCUT2D eigenvalue weighted by atomic mass is 10.1. The average Bonchev–Trinajstić information content (AvgIpc) is 2.13. The molecule has 0 aliphatic rings. The summed E-state index contributed by atoms with van der Waals surface area (Å²) in [6, 6.07) is 2.03. The summed E-state index contributed by atoms with van der Waals surface area (Å²) in [6.45, 7) is 0. The van der Waals surface area contributed by atoms with E-state index in [1.165, 1.54) is 0 Å². The molecule has 0 aromatic carbocycles. The van der Waals surface area contributed by atoms with Crippen molar-refractivity contribution in [2.24, 2.45) is 5.73 Å². The smallest absolute Gasteiger partial charge is 0.156 e. The molecular formula is C9H18N2O2. The number of ether oxygens (including phenoxy) is 2. The van der Waals surface area contributed by atoms with Gasteiger partial charge in [0.15, 0.2) is 6.29 Å². The van der Waals surface area contributed by atoms with Gasteiger partial charge in [0.2, 0.25) is 0 Å². The van der Waals surface area contributed by atoms with Gasteiger partial charge in [-0.05, 0) is 19.3 Å². The van der Waals surface area contributed by atoms with Crippen molar-refractivity contribution in [3.63, 3.8) is 0 Å². The molecule has 1 atom stereocenters. The van der Waals surface area contributed by atoms with E-state index in [4.69, 9.17) is 20.5 Å². The van der Waals surface area contributed by atoms with Crippen molar-refractivity contribution in [2.75, 3.05) is 14.2 Å². The van der Waals surface area contributed by atoms with Crippen LogP contribution in [0.25, 0.3) is 0 Å². The summed E-state index contributed by atoms with van der Waals surface area (Å²) in [7, 11) is 3.23. The van der Waals surface area contributed by atoms with Gasteiger partial charge in [-0.2, -0.15) is 5.26 Å². The van der Waals surface area contributed by atoms with Gasteiger partial charge in [-0.1, -0.05) is 0 Å². The largest absolute Gasteiger partial charge is 0.356 e. The highest BCUT2D eigenvalue weighted by Crippen LogP contribution is 2.07. The van der Waals surface area contributed by atoms with Crippen molar-refractivity contribution in [3.8, 4) is 6.07 Å². The van der Waals surface area contributed by atoms with Crippen molar-refractivity contribution in [1.29, 1.82) is 5.26 Å². The second kappa shape index (κ2) is 7.99. The summed E-state index contributed by atoms with van der Waals surface area (Å²) >= 11 is 0. The average molecular weight is 186 g/mol. The third kappa shape index (κ3) is 6.52. The fraction of sp³-hybridized carbons (Fsp3) is 0.889. The van der Waals surface area contributed by atoms with Crippen LogP contribution in [0, 0.1) is 11.3 Å². The van der Waals surface area contributed by atoms with Gasteiger partial charge in [-0.3, -0.25) is 0 Å². The molecule has 0 aliphatic carbocycles. The molecule has 0 aromatic heterocycles. The highest BCUT2D eigenvalue weighted by atomic mass is 16.7. The molecule has 0 fully saturated rings. The Kier molecular flexibility index (Phi) is 7.60. The van der Waals surface area contributed by atoms with Crippen molar-refractivity contribution in [3.05, 3.63) is 0 Å². The Bertz CT molecular complexity index is 152. The number of nitrogens with zero attached hydrogens (tertiary/aromatic N) is 1. The van der Waals surface area contributed by atoms with Crippen LogP contribution in [-0.2, 0) is 9.47 Å². The van der Waals surface area contributed by atoms with Crippen molar-refractivity contribution >= 4 is 0 Å². The van der Waals surface area contributed by atoms with Crippen LogP contribution >= 0.6 is 0 Å². The first kappa shape index (κ1) is 12.4. The maximum atomic E-state index is 8.36. The Morgan fingerprint density at radius 3 is 2.38 bits per heavy atom. The number of hydrogen-bond donors (Lipinski definition) is 1. The molecule has 76 valence electrons. The zero-order valence-corrected chi connectivity index (χ0v) is 8.32. The number of hydrogen-bond acceptors (Lipinski definition) is 4. The first-order valence-corrected chi connectivity index (χ1v) is 4.42. The number of nitriles is 1. The number of nitrogens with two attached hydrogens (primary N) is 1. The Hall–Kier alpha value is -0.630. The minimum atomic E-state index is -0.144. The van der Waals surface area contributed by atoms with E-state index in [1.54, 1.807) is 14.2 Å². The fourth-order valence-corrected chi connectivity index (χ4v) is 1.10. The van der Waals surface area contributed by atoms with Crippen LogP contribution < -0.4 is 5.73 Å². The summed E-state index contributed by atoms with van der Waals surface area (Å²) < 4.78 is 10.0. The summed E-state index contributed by atoms with van der Waals surface area (Å²) in [4.78, 5) is 0. The summed E-state index contributed by atoms with van der Waals surface area (Å²) in [5, 5.41) is 8.36. The van der Waals surface area contributed by atoms with Crippen LogP contribution in [0.3, 0.4) is 0 Å². The third-order valence-electron chi connectivity index (χ3n) is 1.89. The van der Waals surface area contributed by atoms with Crippen LogP contribution in [0.15, 0.2) is 0 Å². The summed E-state index contributed by atoms with van der Waals surface area (Å²) in [5.41, 5.74) is 5.65. The molecular weight excluding hydrogens is 168 g/mol. The van der Waals surface area contributed by atoms with Gasteiger partial charge < -0.3 is 15.2 Å². The van der Waals surface area contributed by atoms with Crippen molar-refractivity contribution in [2.45, 2.75) is 38.0 Å². The molecule has 0 bridgehead atoms. The van der Waals surface area contributed by atoms with Crippen molar-refractivity contribution < 1.29 is 9.47 Å². The van der Waals surface area contributed by atoms with Gasteiger partial charge in [0.05, 0.1) is 12.5 Å². The highest BCUT2D eigenvalue weighted by Gasteiger charge is 2.06. The minimum Gasteiger partial charge on any atom is -0.356 e. The fourth-order valence-electron chi connectivity index (χ4n) is 1.10. The molecule has 0 spiro atoms.